The maximum atomic E-state index is 12.9. The summed E-state index contributed by atoms with van der Waals surface area (Å²) in [7, 11) is 0. The van der Waals surface area contributed by atoms with E-state index in [1.165, 1.54) is 11.1 Å². The minimum Gasteiger partial charge on any atom is -0.340 e. The second kappa shape index (κ2) is 6.96. The number of rotatable bonds is 3. The van der Waals surface area contributed by atoms with Gasteiger partial charge in [-0.2, -0.15) is 4.98 Å². The molecule has 1 aromatic carbocycles. The lowest BCUT2D eigenvalue weighted by Gasteiger charge is -2.37. The van der Waals surface area contributed by atoms with Crippen molar-refractivity contribution in [2.24, 2.45) is 5.92 Å². The van der Waals surface area contributed by atoms with E-state index in [4.69, 9.17) is 4.52 Å². The van der Waals surface area contributed by atoms with Crippen molar-refractivity contribution in [3.8, 4) is 0 Å². The Kier molecular flexibility index (Phi) is 4.53. The van der Waals surface area contributed by atoms with Gasteiger partial charge in [0.15, 0.2) is 5.82 Å². The van der Waals surface area contributed by atoms with Crippen LogP contribution >= 0.6 is 0 Å². The van der Waals surface area contributed by atoms with Crippen LogP contribution in [0.1, 0.15) is 29.3 Å². The highest BCUT2D eigenvalue weighted by Crippen LogP contribution is 2.27. The third kappa shape index (κ3) is 3.58. The molecule has 4 rings (SSSR count). The molecule has 1 fully saturated rings. The fraction of sp³-hybridized carbons (Fsp3) is 0.526. The van der Waals surface area contributed by atoms with Crippen LogP contribution in [-0.2, 0) is 24.2 Å². The van der Waals surface area contributed by atoms with E-state index >= 15 is 0 Å². The highest BCUT2D eigenvalue weighted by Gasteiger charge is 2.30. The number of benzene rings is 1. The molecular weight excluding hydrogens is 316 g/mol. The van der Waals surface area contributed by atoms with Gasteiger partial charge in [0.05, 0.1) is 6.54 Å². The summed E-state index contributed by atoms with van der Waals surface area (Å²) in [5.41, 5.74) is 2.75. The number of hydrogen-bond donors (Lipinski definition) is 0. The number of nitrogens with zero attached hydrogens (tertiary/aromatic N) is 4. The van der Waals surface area contributed by atoms with Crippen molar-refractivity contribution < 1.29 is 9.32 Å². The first kappa shape index (κ1) is 16.3. The van der Waals surface area contributed by atoms with Gasteiger partial charge in [-0.15, -0.1) is 0 Å². The Morgan fingerprint density at radius 3 is 2.68 bits per heavy atom. The Morgan fingerprint density at radius 1 is 1.20 bits per heavy atom. The van der Waals surface area contributed by atoms with Gasteiger partial charge in [0.2, 0.25) is 11.8 Å². The lowest BCUT2D eigenvalue weighted by atomic mass is 9.83. The van der Waals surface area contributed by atoms with Gasteiger partial charge < -0.3 is 9.42 Å². The number of carbonyl (C=O) groups is 1. The zero-order valence-electron chi connectivity index (χ0n) is 14.6. The van der Waals surface area contributed by atoms with E-state index in [2.05, 4.69) is 39.3 Å². The van der Waals surface area contributed by atoms with E-state index in [1.807, 2.05) is 4.90 Å². The summed E-state index contributed by atoms with van der Waals surface area (Å²) in [5.74, 6) is 1.79. The summed E-state index contributed by atoms with van der Waals surface area (Å²) in [4.78, 5) is 21.5. The molecule has 1 aliphatic carbocycles. The Balaban J connectivity index is 1.31. The number of hydrogen-bond acceptors (Lipinski definition) is 5. The average molecular weight is 340 g/mol. The number of aromatic nitrogens is 2. The summed E-state index contributed by atoms with van der Waals surface area (Å²) in [6.45, 7) is 5.79. The van der Waals surface area contributed by atoms with E-state index in [1.54, 1.807) is 6.92 Å². The minimum atomic E-state index is 0.140. The van der Waals surface area contributed by atoms with Crippen molar-refractivity contribution in [2.45, 2.75) is 32.7 Å². The van der Waals surface area contributed by atoms with Gasteiger partial charge in [0.25, 0.3) is 0 Å². The topological polar surface area (TPSA) is 62.5 Å². The van der Waals surface area contributed by atoms with Crippen LogP contribution in [0.3, 0.4) is 0 Å². The Labute approximate surface area is 147 Å². The third-order valence-electron chi connectivity index (χ3n) is 5.31. The molecule has 6 heteroatoms. The minimum absolute atomic E-state index is 0.140. The quantitative estimate of drug-likeness (QED) is 0.853. The van der Waals surface area contributed by atoms with Gasteiger partial charge in [0, 0.05) is 39.0 Å². The fourth-order valence-electron chi connectivity index (χ4n) is 3.90. The fourth-order valence-corrected chi connectivity index (χ4v) is 3.90. The monoisotopic (exact) mass is 340 g/mol. The van der Waals surface area contributed by atoms with Gasteiger partial charge in [-0.1, -0.05) is 29.4 Å². The van der Waals surface area contributed by atoms with E-state index in [-0.39, 0.29) is 5.92 Å². The first-order valence-electron chi connectivity index (χ1n) is 9.06. The van der Waals surface area contributed by atoms with Crippen LogP contribution in [-0.4, -0.2) is 52.0 Å². The zero-order chi connectivity index (χ0) is 17.2. The maximum absolute atomic E-state index is 12.9. The molecule has 0 radical (unpaired) electrons. The number of aryl methyl sites for hydroxylation is 2. The number of fused-ring (bicyclic) bond motifs is 1. The molecule has 2 heterocycles. The van der Waals surface area contributed by atoms with Crippen LogP contribution < -0.4 is 0 Å². The number of piperazine rings is 1. The van der Waals surface area contributed by atoms with Crippen molar-refractivity contribution >= 4 is 5.91 Å². The van der Waals surface area contributed by atoms with Crippen LogP contribution in [0.5, 0.6) is 0 Å². The standard InChI is InChI=1S/C19H24N4O2/c1-14-20-18(21-25-14)13-22-8-10-23(11-9-22)19(24)17-7-6-15-4-2-3-5-16(15)12-17/h2-5,17H,6-13H2,1H3. The molecule has 1 atom stereocenters. The molecule has 0 spiro atoms. The van der Waals surface area contributed by atoms with Gasteiger partial charge >= 0.3 is 0 Å². The summed E-state index contributed by atoms with van der Waals surface area (Å²) in [5, 5.41) is 3.95. The second-order valence-electron chi connectivity index (χ2n) is 7.04. The molecule has 132 valence electrons. The van der Waals surface area contributed by atoms with Gasteiger partial charge in [0.1, 0.15) is 0 Å². The zero-order valence-corrected chi connectivity index (χ0v) is 14.6. The largest absolute Gasteiger partial charge is 0.340 e. The van der Waals surface area contributed by atoms with Crippen molar-refractivity contribution in [1.29, 1.82) is 0 Å². The SMILES string of the molecule is Cc1nc(CN2CCN(C(=O)C3CCc4ccccc4C3)CC2)no1. The molecule has 25 heavy (non-hydrogen) atoms. The van der Waals surface area contributed by atoms with Crippen molar-refractivity contribution in [3.63, 3.8) is 0 Å². The van der Waals surface area contributed by atoms with Gasteiger partial charge in [-0.05, 0) is 30.4 Å². The Bertz CT molecular complexity index is 749. The molecule has 0 saturated carbocycles. The summed E-state index contributed by atoms with van der Waals surface area (Å²) in [6, 6.07) is 8.52. The first-order chi connectivity index (χ1) is 12.2. The number of carbonyl (C=O) groups excluding carboxylic acids is 1. The third-order valence-corrected chi connectivity index (χ3v) is 5.31. The van der Waals surface area contributed by atoms with Crippen molar-refractivity contribution in [2.75, 3.05) is 26.2 Å². The Hall–Kier alpha value is -2.21. The molecule has 0 N–H and O–H groups in total. The Morgan fingerprint density at radius 2 is 1.96 bits per heavy atom. The number of amides is 1. The lowest BCUT2D eigenvalue weighted by molar-refractivity contribution is -0.137. The molecule has 1 unspecified atom stereocenters. The highest BCUT2D eigenvalue weighted by atomic mass is 16.5. The van der Waals surface area contributed by atoms with Crippen molar-refractivity contribution in [1.82, 2.24) is 19.9 Å². The van der Waals surface area contributed by atoms with Crippen LogP contribution in [0, 0.1) is 12.8 Å². The predicted molar refractivity (Wildman–Crippen MR) is 92.8 cm³/mol. The molecule has 1 aromatic heterocycles. The lowest BCUT2D eigenvalue weighted by Crippen LogP contribution is -2.50. The van der Waals surface area contributed by atoms with Crippen LogP contribution in [0.15, 0.2) is 28.8 Å². The predicted octanol–water partition coefficient (Wildman–Crippen LogP) is 1.83. The summed E-state index contributed by atoms with van der Waals surface area (Å²) < 4.78 is 5.02. The maximum Gasteiger partial charge on any atom is 0.226 e. The average Bonchev–Trinajstić information content (AvgIpc) is 3.06. The second-order valence-corrected chi connectivity index (χ2v) is 7.04. The molecular formula is C19H24N4O2. The first-order valence-corrected chi connectivity index (χ1v) is 9.06. The molecule has 1 aliphatic heterocycles. The summed E-state index contributed by atoms with van der Waals surface area (Å²) >= 11 is 0. The van der Waals surface area contributed by atoms with Crippen LogP contribution in [0.2, 0.25) is 0 Å². The van der Waals surface area contributed by atoms with E-state index in [9.17, 15) is 4.79 Å². The molecule has 1 amide bonds. The molecule has 6 nitrogen and oxygen atoms in total. The van der Waals surface area contributed by atoms with Gasteiger partial charge in [-0.25, -0.2) is 0 Å². The van der Waals surface area contributed by atoms with Crippen LogP contribution in [0.4, 0.5) is 0 Å². The molecule has 2 aliphatic rings. The smallest absolute Gasteiger partial charge is 0.226 e. The van der Waals surface area contributed by atoms with Crippen molar-refractivity contribution in [3.05, 3.63) is 47.1 Å². The van der Waals surface area contributed by atoms with E-state index in [0.717, 1.165) is 51.3 Å². The molecule has 0 bridgehead atoms. The van der Waals surface area contributed by atoms with E-state index < -0.39 is 0 Å². The highest BCUT2D eigenvalue weighted by molar-refractivity contribution is 5.79. The molecule has 2 aromatic rings. The molecule has 1 saturated heterocycles. The van der Waals surface area contributed by atoms with E-state index in [0.29, 0.717) is 18.3 Å². The van der Waals surface area contributed by atoms with Crippen LogP contribution in [0.25, 0.3) is 0 Å². The van der Waals surface area contributed by atoms with Gasteiger partial charge in [-0.3, -0.25) is 9.69 Å². The summed E-state index contributed by atoms with van der Waals surface area (Å²) in [6.07, 6.45) is 2.87. The normalized spacial score (nSPS) is 21.2.